The molecule has 17 heavy (non-hydrogen) atoms. The largest absolute Gasteiger partial charge is 0.481 e. The van der Waals surface area contributed by atoms with E-state index in [-0.39, 0.29) is 6.42 Å². The summed E-state index contributed by atoms with van der Waals surface area (Å²) in [6.07, 6.45) is 0.436. The monoisotopic (exact) mass is 241 g/mol. The molecule has 0 fully saturated rings. The van der Waals surface area contributed by atoms with Crippen molar-refractivity contribution in [3.05, 3.63) is 35.9 Å². The number of hydrogen-bond donors (Lipinski definition) is 1. The molecule has 0 bridgehead atoms. The van der Waals surface area contributed by atoms with E-state index in [1.807, 2.05) is 13.0 Å². The van der Waals surface area contributed by atoms with Crippen molar-refractivity contribution in [1.82, 2.24) is 4.90 Å². The first kappa shape index (κ1) is 9.66. The van der Waals surface area contributed by atoms with Gasteiger partial charge in [-0.05, 0) is 31.9 Å². The highest BCUT2D eigenvalue weighted by Crippen LogP contribution is 2.19. The van der Waals surface area contributed by atoms with E-state index in [9.17, 15) is 4.79 Å². The maximum absolute atomic E-state index is 10.6. The van der Waals surface area contributed by atoms with Gasteiger partial charge in [-0.25, -0.2) is 0 Å². The van der Waals surface area contributed by atoms with E-state index in [1.165, 1.54) is 0 Å². The zero-order valence-electron chi connectivity index (χ0n) is 13.1. The molecule has 1 atom stereocenters. The molecule has 0 aliphatic rings. The lowest BCUT2D eigenvalue weighted by Gasteiger charge is -2.28. The molecule has 0 aromatic heterocycles. The Morgan fingerprint density at radius 3 is 2.76 bits per heavy atom. The van der Waals surface area contributed by atoms with Crippen LogP contribution in [0.1, 0.15) is 42.3 Å². The number of rotatable bonds is 7. The number of benzene rings is 1. The average Bonchev–Trinajstić information content (AvgIpc) is 2.43. The predicted molar refractivity (Wildman–Crippen MR) is 69.0 cm³/mol. The van der Waals surface area contributed by atoms with Crippen LogP contribution >= 0.6 is 0 Å². The van der Waals surface area contributed by atoms with Crippen molar-refractivity contribution >= 4 is 5.97 Å². The van der Waals surface area contributed by atoms with Crippen molar-refractivity contribution in [2.75, 3.05) is 13.1 Å². The molecule has 0 heterocycles. The van der Waals surface area contributed by atoms with Gasteiger partial charge in [-0.15, -0.1) is 0 Å². The Morgan fingerprint density at radius 1 is 1.53 bits per heavy atom. The zero-order valence-corrected chi connectivity index (χ0v) is 10.1. The topological polar surface area (TPSA) is 40.5 Å². The van der Waals surface area contributed by atoms with Crippen LogP contribution in [0.25, 0.3) is 0 Å². The van der Waals surface area contributed by atoms with Crippen molar-refractivity contribution in [3.8, 4) is 0 Å². The van der Waals surface area contributed by atoms with Crippen molar-refractivity contribution in [2.24, 2.45) is 0 Å². The Bertz CT molecular complexity index is 428. The van der Waals surface area contributed by atoms with E-state index in [0.717, 1.165) is 0 Å². The Kier molecular flexibility index (Phi) is 4.02. The predicted octanol–water partition coefficient (Wildman–Crippen LogP) is 2.93. The molecule has 3 heteroatoms. The highest BCUT2D eigenvalue weighted by Gasteiger charge is 2.13. The molecule has 0 aliphatic heterocycles. The molecule has 0 aliphatic carbocycles. The van der Waals surface area contributed by atoms with Gasteiger partial charge in [0.05, 0.1) is 1.37 Å². The molecule has 0 saturated carbocycles. The Labute approximate surface area is 107 Å². The standard InChI is InChI=1S/C14H21NO2/c1-3-15(11-7-10-14(16)17)12(2)13-8-5-4-6-9-13/h4-6,8-9,12H,3,7,10-11H2,1-2H3,(H,16,17)/i2T2,12T. The SMILES string of the molecule is [3H]C([3H])C([3H])(c1ccccc1)N(CC)CCCC(=O)O. The lowest BCUT2D eigenvalue weighted by Crippen LogP contribution is -2.28. The maximum atomic E-state index is 10.6. The number of aliphatic carboxylic acids is 1. The van der Waals surface area contributed by atoms with Gasteiger partial charge in [0.2, 0.25) is 0 Å². The molecular formula is C14H21NO2. The third-order valence-electron chi connectivity index (χ3n) is 2.61. The van der Waals surface area contributed by atoms with E-state index in [0.29, 0.717) is 25.1 Å². The van der Waals surface area contributed by atoms with Crippen LogP contribution in [0.5, 0.6) is 0 Å². The number of carboxylic acid groups (broad SMARTS) is 1. The first-order valence-electron chi connectivity index (χ1n) is 7.45. The molecule has 1 unspecified atom stereocenters. The summed E-state index contributed by atoms with van der Waals surface area (Å²) < 4.78 is 24.1. The second-order valence-corrected chi connectivity index (χ2v) is 3.83. The number of carboxylic acids is 1. The Balaban J connectivity index is 2.95. The summed E-state index contributed by atoms with van der Waals surface area (Å²) >= 11 is 0. The van der Waals surface area contributed by atoms with E-state index in [2.05, 4.69) is 0 Å². The maximum Gasteiger partial charge on any atom is 0.303 e. The van der Waals surface area contributed by atoms with Crippen molar-refractivity contribution < 1.29 is 14.0 Å². The van der Waals surface area contributed by atoms with Crippen LogP contribution in [0.2, 0.25) is 0 Å². The molecule has 0 spiro atoms. The van der Waals surface area contributed by atoms with E-state index >= 15 is 0 Å². The molecule has 0 radical (unpaired) electrons. The first-order valence-corrected chi connectivity index (χ1v) is 5.79. The molecule has 1 aromatic carbocycles. The van der Waals surface area contributed by atoms with Crippen LogP contribution in [0.3, 0.4) is 0 Å². The summed E-state index contributed by atoms with van der Waals surface area (Å²) in [7, 11) is 0. The lowest BCUT2D eigenvalue weighted by molar-refractivity contribution is -0.137. The third-order valence-corrected chi connectivity index (χ3v) is 2.61. The molecule has 94 valence electrons. The fraction of sp³-hybridized carbons (Fsp3) is 0.500. The molecule has 3 nitrogen and oxygen atoms in total. The van der Waals surface area contributed by atoms with Gasteiger partial charge in [-0.1, -0.05) is 37.3 Å². The van der Waals surface area contributed by atoms with Crippen molar-refractivity contribution in [3.63, 3.8) is 0 Å². The number of nitrogens with zero attached hydrogens (tertiary/aromatic N) is 1. The van der Waals surface area contributed by atoms with E-state index in [1.54, 1.807) is 29.2 Å². The second kappa shape index (κ2) is 7.07. The minimum atomic E-state index is -1.48. The van der Waals surface area contributed by atoms with Gasteiger partial charge in [0.15, 0.2) is 0 Å². The molecule has 0 saturated heterocycles. The van der Waals surface area contributed by atoms with Gasteiger partial charge in [-0.3, -0.25) is 9.69 Å². The van der Waals surface area contributed by atoms with Crippen LogP contribution in [0.15, 0.2) is 30.3 Å². The Morgan fingerprint density at radius 2 is 2.24 bits per heavy atom. The van der Waals surface area contributed by atoms with Crippen molar-refractivity contribution in [2.45, 2.75) is 32.7 Å². The fourth-order valence-corrected chi connectivity index (χ4v) is 1.66. The normalized spacial score (nSPS) is 17.2. The summed E-state index contributed by atoms with van der Waals surface area (Å²) in [6.45, 7) is 1.35. The van der Waals surface area contributed by atoms with Gasteiger partial charge in [0.25, 0.3) is 0 Å². The average molecular weight is 241 g/mol. The number of carbonyl (C=O) groups is 1. The fourth-order valence-electron chi connectivity index (χ4n) is 1.66. The summed E-state index contributed by atoms with van der Waals surface area (Å²) in [4.78, 5) is 12.3. The van der Waals surface area contributed by atoms with Crippen LogP contribution in [0, 0.1) is 0 Å². The van der Waals surface area contributed by atoms with Crippen LogP contribution in [-0.4, -0.2) is 29.1 Å². The number of hydrogen-bond acceptors (Lipinski definition) is 2. The van der Waals surface area contributed by atoms with E-state index in [4.69, 9.17) is 9.22 Å². The highest BCUT2D eigenvalue weighted by molar-refractivity contribution is 5.66. The molecule has 0 amide bonds. The van der Waals surface area contributed by atoms with Crippen LogP contribution in [-0.2, 0) is 4.79 Å². The highest BCUT2D eigenvalue weighted by atomic mass is 16.4. The minimum Gasteiger partial charge on any atom is -0.481 e. The quantitative estimate of drug-likeness (QED) is 0.798. The van der Waals surface area contributed by atoms with Crippen LogP contribution < -0.4 is 0 Å². The molecule has 1 aromatic rings. The molecule has 1 N–H and O–H groups in total. The first-order chi connectivity index (χ1) is 9.42. The summed E-state index contributed by atoms with van der Waals surface area (Å²) in [6, 6.07) is 7.39. The second-order valence-electron chi connectivity index (χ2n) is 3.83. The summed E-state index contributed by atoms with van der Waals surface area (Å²) in [5.74, 6) is -0.871. The summed E-state index contributed by atoms with van der Waals surface area (Å²) in [5.41, 5.74) is 0.590. The van der Waals surface area contributed by atoms with Crippen molar-refractivity contribution in [1.29, 1.82) is 0 Å². The lowest BCUT2D eigenvalue weighted by atomic mass is 10.1. The van der Waals surface area contributed by atoms with E-state index < -0.39 is 18.9 Å². The van der Waals surface area contributed by atoms with Gasteiger partial charge in [0.1, 0.15) is 0 Å². The zero-order chi connectivity index (χ0) is 15.2. The van der Waals surface area contributed by atoms with Gasteiger partial charge >= 0.3 is 5.97 Å². The van der Waals surface area contributed by atoms with Gasteiger partial charge in [0, 0.05) is 15.2 Å². The van der Waals surface area contributed by atoms with Gasteiger partial charge < -0.3 is 5.11 Å². The summed E-state index contributed by atoms with van der Waals surface area (Å²) in [5, 5.41) is 8.69. The Hall–Kier alpha value is -1.35. The minimum absolute atomic E-state index is 0.0298. The van der Waals surface area contributed by atoms with Gasteiger partial charge in [-0.2, -0.15) is 0 Å². The molecular weight excluding hydrogens is 214 g/mol. The smallest absolute Gasteiger partial charge is 0.303 e. The molecule has 1 rings (SSSR count). The van der Waals surface area contributed by atoms with Crippen LogP contribution in [0.4, 0.5) is 0 Å². The third kappa shape index (κ3) is 4.57.